The quantitative estimate of drug-likeness (QED) is 0.382. The second-order valence-electron chi connectivity index (χ2n) is 12.0. The van der Waals surface area contributed by atoms with Crippen LogP contribution in [0.4, 0.5) is 0 Å². The number of carbonyl (C=O) groups excluding carboxylic acids is 1. The zero-order chi connectivity index (χ0) is 26.4. The summed E-state index contributed by atoms with van der Waals surface area (Å²) in [6.45, 7) is 6.06. The van der Waals surface area contributed by atoms with E-state index in [1.54, 1.807) is 0 Å². The fraction of sp³-hybridized carbons (Fsp3) is 0.697. The molecule has 5 heteroatoms. The molecule has 2 atom stereocenters. The molecule has 2 heterocycles. The van der Waals surface area contributed by atoms with Gasteiger partial charge in [-0.15, -0.1) is 0 Å². The summed E-state index contributed by atoms with van der Waals surface area (Å²) in [5.74, 6) is 2.95. The fourth-order valence-electron chi connectivity index (χ4n) is 6.52. The smallest absolute Gasteiger partial charge is 0.223 e. The van der Waals surface area contributed by atoms with Crippen LogP contribution in [-0.2, 0) is 11.3 Å². The number of piperidine rings is 1. The van der Waals surface area contributed by atoms with E-state index >= 15 is 0 Å². The van der Waals surface area contributed by atoms with E-state index in [2.05, 4.69) is 40.5 Å². The summed E-state index contributed by atoms with van der Waals surface area (Å²) in [5.41, 5.74) is 2.00. The van der Waals surface area contributed by atoms with Crippen molar-refractivity contribution < 1.29 is 9.32 Å². The molecule has 1 saturated heterocycles. The van der Waals surface area contributed by atoms with Crippen LogP contribution in [0.1, 0.15) is 109 Å². The molecule has 2 unspecified atom stereocenters. The van der Waals surface area contributed by atoms with Gasteiger partial charge in [0.05, 0.1) is 6.54 Å². The number of rotatable bonds is 8. The third-order valence-electron chi connectivity index (χ3n) is 8.93. The van der Waals surface area contributed by atoms with Crippen LogP contribution in [0.3, 0.4) is 0 Å². The van der Waals surface area contributed by atoms with Gasteiger partial charge in [0, 0.05) is 24.1 Å². The standard InChI is InChI=1S/C33H51N3O2/c1-2-13-27-14-7-4-3-5-8-18-30(19-12-11-15-27)33(37)34-25-28-20-22-36(23-21-28)26-31-24-32(35-38-31)29-16-9-6-10-17-29/h6,9-10,16-17,24,27-28,30H,2-5,7-8,11-15,18-23,25-26H2,1H3,(H,34,37). The van der Waals surface area contributed by atoms with Gasteiger partial charge in [0.1, 0.15) is 5.69 Å². The Bertz CT molecular complexity index is 919. The number of amides is 1. The van der Waals surface area contributed by atoms with Crippen LogP contribution in [-0.4, -0.2) is 35.6 Å². The number of aromatic nitrogens is 1. The molecule has 1 N–H and O–H groups in total. The van der Waals surface area contributed by atoms with E-state index in [4.69, 9.17) is 4.52 Å². The highest BCUT2D eigenvalue weighted by atomic mass is 16.5. The lowest BCUT2D eigenvalue weighted by atomic mass is 9.90. The lowest BCUT2D eigenvalue weighted by molar-refractivity contribution is -0.125. The molecule has 5 nitrogen and oxygen atoms in total. The first-order valence-corrected chi connectivity index (χ1v) is 15.7. The van der Waals surface area contributed by atoms with E-state index in [0.29, 0.717) is 11.8 Å². The second-order valence-corrected chi connectivity index (χ2v) is 12.0. The van der Waals surface area contributed by atoms with Crippen molar-refractivity contribution in [3.05, 3.63) is 42.2 Å². The number of nitrogens with zero attached hydrogens (tertiary/aromatic N) is 2. The highest BCUT2D eigenvalue weighted by molar-refractivity contribution is 5.78. The molecule has 2 aromatic rings. The topological polar surface area (TPSA) is 58.4 Å². The van der Waals surface area contributed by atoms with E-state index in [9.17, 15) is 4.79 Å². The minimum Gasteiger partial charge on any atom is -0.359 e. The van der Waals surface area contributed by atoms with Crippen LogP contribution >= 0.6 is 0 Å². The molecular weight excluding hydrogens is 470 g/mol. The average Bonchev–Trinajstić information content (AvgIpc) is 3.42. The number of hydrogen-bond acceptors (Lipinski definition) is 4. The summed E-state index contributed by atoms with van der Waals surface area (Å²) < 4.78 is 5.62. The Balaban J connectivity index is 1.17. The predicted molar refractivity (Wildman–Crippen MR) is 156 cm³/mol. The molecule has 1 amide bonds. The first-order valence-electron chi connectivity index (χ1n) is 15.7. The Labute approximate surface area is 231 Å². The maximum atomic E-state index is 13.2. The van der Waals surface area contributed by atoms with Crippen molar-refractivity contribution in [3.8, 4) is 11.3 Å². The SMILES string of the molecule is CCCC1CCCCCCCC(C(=O)NCC2CCN(Cc3cc(-c4ccccc4)no3)CC2)CCCC1. The molecule has 0 bridgehead atoms. The monoisotopic (exact) mass is 521 g/mol. The third-order valence-corrected chi connectivity index (χ3v) is 8.93. The number of nitrogens with one attached hydrogen (secondary N) is 1. The molecule has 210 valence electrons. The van der Waals surface area contributed by atoms with Gasteiger partial charge in [-0.1, -0.05) is 113 Å². The van der Waals surface area contributed by atoms with Crippen molar-refractivity contribution in [3.63, 3.8) is 0 Å². The summed E-state index contributed by atoms with van der Waals surface area (Å²) in [6, 6.07) is 12.3. The van der Waals surface area contributed by atoms with Crippen molar-refractivity contribution in [2.45, 2.75) is 110 Å². The van der Waals surface area contributed by atoms with E-state index in [-0.39, 0.29) is 5.92 Å². The first kappa shape index (κ1) is 28.9. The zero-order valence-corrected chi connectivity index (χ0v) is 23.8. The van der Waals surface area contributed by atoms with Gasteiger partial charge >= 0.3 is 0 Å². The van der Waals surface area contributed by atoms with Gasteiger partial charge < -0.3 is 9.84 Å². The first-order chi connectivity index (χ1) is 18.7. The number of likely N-dealkylation sites (tertiary alicyclic amines) is 1. The van der Waals surface area contributed by atoms with Crippen LogP contribution in [0.25, 0.3) is 11.3 Å². The Morgan fingerprint density at radius 3 is 2.29 bits per heavy atom. The Morgan fingerprint density at radius 2 is 1.55 bits per heavy atom. The summed E-state index contributed by atoms with van der Waals surface area (Å²) in [5, 5.41) is 7.64. The lowest BCUT2D eigenvalue weighted by Crippen LogP contribution is -2.40. The molecule has 0 spiro atoms. The molecule has 2 fully saturated rings. The van der Waals surface area contributed by atoms with Crippen molar-refractivity contribution in [1.29, 1.82) is 0 Å². The summed E-state index contributed by atoms with van der Waals surface area (Å²) in [4.78, 5) is 15.6. The Hall–Kier alpha value is -2.14. The number of carbonyl (C=O) groups is 1. The van der Waals surface area contributed by atoms with E-state index in [0.717, 1.165) is 74.8 Å². The van der Waals surface area contributed by atoms with Gasteiger partial charge in [0.15, 0.2) is 5.76 Å². The van der Waals surface area contributed by atoms with Gasteiger partial charge in [0.2, 0.25) is 5.91 Å². The molecular formula is C33H51N3O2. The average molecular weight is 522 g/mol. The van der Waals surface area contributed by atoms with E-state index in [1.807, 2.05) is 18.2 Å². The van der Waals surface area contributed by atoms with Crippen molar-refractivity contribution >= 4 is 5.91 Å². The van der Waals surface area contributed by atoms with Crippen molar-refractivity contribution in [2.24, 2.45) is 17.8 Å². The molecule has 2 aliphatic rings. The molecule has 1 aromatic carbocycles. The van der Waals surface area contributed by atoms with Crippen LogP contribution in [0, 0.1) is 17.8 Å². The highest BCUT2D eigenvalue weighted by Gasteiger charge is 2.23. The largest absolute Gasteiger partial charge is 0.359 e. The van der Waals surface area contributed by atoms with E-state index in [1.165, 1.54) is 70.6 Å². The fourth-order valence-corrected chi connectivity index (χ4v) is 6.52. The van der Waals surface area contributed by atoms with Gasteiger partial charge in [-0.2, -0.15) is 0 Å². The van der Waals surface area contributed by atoms with E-state index < -0.39 is 0 Å². The predicted octanol–water partition coefficient (Wildman–Crippen LogP) is 8.01. The lowest BCUT2D eigenvalue weighted by Gasteiger charge is -2.31. The molecule has 38 heavy (non-hydrogen) atoms. The summed E-state index contributed by atoms with van der Waals surface area (Å²) >= 11 is 0. The zero-order valence-electron chi connectivity index (χ0n) is 23.8. The molecule has 0 radical (unpaired) electrons. The van der Waals surface area contributed by atoms with Crippen LogP contribution in [0.2, 0.25) is 0 Å². The minimum absolute atomic E-state index is 0.214. The van der Waals surface area contributed by atoms with Gasteiger partial charge in [-0.05, 0) is 50.6 Å². The number of hydrogen-bond donors (Lipinski definition) is 1. The van der Waals surface area contributed by atoms with Crippen LogP contribution in [0.15, 0.2) is 40.9 Å². The minimum atomic E-state index is 0.214. The van der Waals surface area contributed by atoms with Crippen molar-refractivity contribution in [1.82, 2.24) is 15.4 Å². The van der Waals surface area contributed by atoms with Gasteiger partial charge in [-0.25, -0.2) is 0 Å². The maximum Gasteiger partial charge on any atom is 0.223 e. The molecule has 1 aromatic heterocycles. The molecule has 1 saturated carbocycles. The van der Waals surface area contributed by atoms with Crippen LogP contribution < -0.4 is 5.32 Å². The maximum absolute atomic E-state index is 13.2. The summed E-state index contributed by atoms with van der Waals surface area (Å²) in [7, 11) is 0. The second kappa shape index (κ2) is 16.1. The normalized spacial score (nSPS) is 23.2. The number of benzene rings is 1. The Morgan fingerprint density at radius 1 is 0.895 bits per heavy atom. The molecule has 1 aliphatic heterocycles. The third kappa shape index (κ3) is 9.55. The van der Waals surface area contributed by atoms with Crippen molar-refractivity contribution in [2.75, 3.05) is 19.6 Å². The van der Waals surface area contributed by atoms with Gasteiger partial charge in [-0.3, -0.25) is 9.69 Å². The Kier molecular flexibility index (Phi) is 12.2. The molecule has 4 rings (SSSR count). The molecule has 1 aliphatic carbocycles. The van der Waals surface area contributed by atoms with Gasteiger partial charge in [0.25, 0.3) is 0 Å². The highest BCUT2D eigenvalue weighted by Crippen LogP contribution is 2.27. The summed E-state index contributed by atoms with van der Waals surface area (Å²) in [6.07, 6.45) is 19.0. The van der Waals surface area contributed by atoms with Crippen LogP contribution in [0.5, 0.6) is 0 Å².